The second-order valence-corrected chi connectivity index (χ2v) is 8.05. The Kier molecular flexibility index (Phi) is 5.11. The van der Waals surface area contributed by atoms with E-state index in [9.17, 15) is 17.6 Å². The molecule has 2 aromatic rings. The standard InChI is InChI=1S/C19H21FN2O3S/c1-3-19(23)22-11-10-15-12-17(8-9-18(15)22)26(24,25)21-13(2)14-4-6-16(20)7-5-14/h4-9,12-13,21H,3,10-11H2,1-2H3/t13-/m1/s1. The predicted molar refractivity (Wildman–Crippen MR) is 97.9 cm³/mol. The van der Waals surface area contributed by atoms with E-state index in [1.807, 2.05) is 0 Å². The first-order valence-electron chi connectivity index (χ1n) is 8.53. The fraction of sp³-hybridized carbons (Fsp3) is 0.316. The summed E-state index contributed by atoms with van der Waals surface area (Å²) in [4.78, 5) is 13.8. The highest BCUT2D eigenvalue weighted by atomic mass is 32.2. The van der Waals surface area contributed by atoms with Crippen LogP contribution in [0.25, 0.3) is 0 Å². The molecule has 1 aliphatic rings. The molecule has 7 heteroatoms. The molecule has 138 valence electrons. The van der Waals surface area contributed by atoms with Gasteiger partial charge in [-0.1, -0.05) is 19.1 Å². The van der Waals surface area contributed by atoms with Crippen molar-refractivity contribution in [1.82, 2.24) is 4.72 Å². The fourth-order valence-corrected chi connectivity index (χ4v) is 4.40. The summed E-state index contributed by atoms with van der Waals surface area (Å²) in [7, 11) is -3.73. The predicted octanol–water partition coefficient (Wildman–Crippen LogP) is 3.16. The number of carbonyl (C=O) groups excluding carboxylic acids is 1. The summed E-state index contributed by atoms with van der Waals surface area (Å²) < 4.78 is 41.0. The third-order valence-corrected chi connectivity index (χ3v) is 6.10. The van der Waals surface area contributed by atoms with Crippen LogP contribution in [-0.2, 0) is 21.2 Å². The van der Waals surface area contributed by atoms with Crippen molar-refractivity contribution in [3.63, 3.8) is 0 Å². The van der Waals surface area contributed by atoms with Crippen LogP contribution < -0.4 is 9.62 Å². The molecule has 3 rings (SSSR count). The first kappa shape index (κ1) is 18.5. The van der Waals surface area contributed by atoms with Gasteiger partial charge in [-0.15, -0.1) is 0 Å². The average Bonchev–Trinajstić information content (AvgIpc) is 3.04. The molecule has 0 aromatic heterocycles. The molecule has 0 saturated carbocycles. The number of anilines is 1. The van der Waals surface area contributed by atoms with Crippen LogP contribution in [0.3, 0.4) is 0 Å². The van der Waals surface area contributed by atoms with Gasteiger partial charge in [-0.2, -0.15) is 0 Å². The molecule has 1 heterocycles. The van der Waals surface area contributed by atoms with Crippen LogP contribution in [0.4, 0.5) is 10.1 Å². The van der Waals surface area contributed by atoms with E-state index in [4.69, 9.17) is 0 Å². The highest BCUT2D eigenvalue weighted by Gasteiger charge is 2.26. The lowest BCUT2D eigenvalue weighted by molar-refractivity contribution is -0.118. The number of carbonyl (C=O) groups is 1. The number of fused-ring (bicyclic) bond motifs is 1. The molecule has 5 nitrogen and oxygen atoms in total. The molecule has 1 atom stereocenters. The maximum Gasteiger partial charge on any atom is 0.241 e. The van der Waals surface area contributed by atoms with Crippen LogP contribution in [0, 0.1) is 5.82 Å². The minimum atomic E-state index is -3.73. The van der Waals surface area contributed by atoms with Crippen LogP contribution in [0.2, 0.25) is 0 Å². The number of nitrogens with zero attached hydrogens (tertiary/aromatic N) is 1. The lowest BCUT2D eigenvalue weighted by atomic mass is 10.1. The SMILES string of the molecule is CCC(=O)N1CCc2cc(S(=O)(=O)N[C@H](C)c3ccc(F)cc3)ccc21. The summed E-state index contributed by atoms with van der Waals surface area (Å²) in [6.07, 6.45) is 1.05. The van der Waals surface area contributed by atoms with E-state index in [1.54, 1.807) is 43.0 Å². The third-order valence-electron chi connectivity index (χ3n) is 4.56. The van der Waals surface area contributed by atoms with Gasteiger partial charge < -0.3 is 4.90 Å². The Morgan fingerprint density at radius 3 is 2.58 bits per heavy atom. The topological polar surface area (TPSA) is 66.5 Å². The van der Waals surface area contributed by atoms with Crippen LogP contribution in [0.1, 0.15) is 37.4 Å². The summed E-state index contributed by atoms with van der Waals surface area (Å²) in [5, 5.41) is 0. The number of amides is 1. The second-order valence-electron chi connectivity index (χ2n) is 6.33. The lowest BCUT2D eigenvalue weighted by Crippen LogP contribution is -2.28. The highest BCUT2D eigenvalue weighted by molar-refractivity contribution is 7.89. The maximum absolute atomic E-state index is 13.0. The maximum atomic E-state index is 13.0. The van der Waals surface area contributed by atoms with Crippen molar-refractivity contribution in [3.8, 4) is 0 Å². The largest absolute Gasteiger partial charge is 0.312 e. The van der Waals surface area contributed by atoms with Crippen molar-refractivity contribution in [3.05, 3.63) is 59.4 Å². The van der Waals surface area contributed by atoms with Gasteiger partial charge in [0.1, 0.15) is 5.82 Å². The Hall–Kier alpha value is -2.25. The van der Waals surface area contributed by atoms with Crippen LogP contribution >= 0.6 is 0 Å². The molecule has 0 fully saturated rings. The smallest absolute Gasteiger partial charge is 0.241 e. The third kappa shape index (κ3) is 3.64. The molecule has 1 N–H and O–H groups in total. The molecule has 0 bridgehead atoms. The quantitative estimate of drug-likeness (QED) is 0.872. The summed E-state index contributed by atoms with van der Waals surface area (Å²) in [5.74, 6) is -0.337. The summed E-state index contributed by atoms with van der Waals surface area (Å²) >= 11 is 0. The number of hydrogen-bond donors (Lipinski definition) is 1. The van der Waals surface area contributed by atoms with E-state index in [1.165, 1.54) is 18.2 Å². The average molecular weight is 376 g/mol. The Morgan fingerprint density at radius 1 is 1.23 bits per heavy atom. The van der Waals surface area contributed by atoms with Crippen molar-refractivity contribution in [2.45, 2.75) is 37.6 Å². The normalized spacial score (nSPS) is 15.0. The first-order valence-corrected chi connectivity index (χ1v) is 10.0. The molecule has 2 aromatic carbocycles. The molecular weight excluding hydrogens is 355 g/mol. The summed E-state index contributed by atoms with van der Waals surface area (Å²) in [5.41, 5.74) is 2.31. The van der Waals surface area contributed by atoms with Gasteiger partial charge in [0.2, 0.25) is 15.9 Å². The van der Waals surface area contributed by atoms with Gasteiger partial charge in [0.05, 0.1) is 4.90 Å². The molecule has 0 aliphatic carbocycles. The monoisotopic (exact) mass is 376 g/mol. The van der Waals surface area contributed by atoms with Crippen molar-refractivity contribution >= 4 is 21.6 Å². The van der Waals surface area contributed by atoms with E-state index in [2.05, 4.69) is 4.72 Å². The van der Waals surface area contributed by atoms with Gasteiger partial charge in [-0.25, -0.2) is 17.5 Å². The van der Waals surface area contributed by atoms with E-state index in [0.29, 0.717) is 24.9 Å². The van der Waals surface area contributed by atoms with E-state index >= 15 is 0 Å². The van der Waals surface area contributed by atoms with Crippen molar-refractivity contribution < 1.29 is 17.6 Å². The summed E-state index contributed by atoms with van der Waals surface area (Å²) in [6.45, 7) is 4.09. The van der Waals surface area contributed by atoms with Crippen LogP contribution in [0.15, 0.2) is 47.4 Å². The molecule has 0 unspecified atom stereocenters. The lowest BCUT2D eigenvalue weighted by Gasteiger charge is -2.17. The number of rotatable bonds is 5. The van der Waals surface area contributed by atoms with E-state index < -0.39 is 16.1 Å². The number of nitrogens with one attached hydrogen (secondary N) is 1. The van der Waals surface area contributed by atoms with Crippen molar-refractivity contribution in [2.75, 3.05) is 11.4 Å². The molecule has 26 heavy (non-hydrogen) atoms. The first-order chi connectivity index (χ1) is 12.3. The molecular formula is C19H21FN2O3S. The van der Waals surface area contributed by atoms with E-state index in [0.717, 1.165) is 11.3 Å². The van der Waals surface area contributed by atoms with Gasteiger partial charge in [-0.3, -0.25) is 4.79 Å². The Morgan fingerprint density at radius 2 is 1.92 bits per heavy atom. The van der Waals surface area contributed by atoms with Crippen LogP contribution in [0.5, 0.6) is 0 Å². The van der Waals surface area contributed by atoms with Gasteiger partial charge in [0.25, 0.3) is 0 Å². The van der Waals surface area contributed by atoms with Gasteiger partial charge in [-0.05, 0) is 54.8 Å². The Bertz CT molecular complexity index is 926. The zero-order valence-electron chi connectivity index (χ0n) is 14.7. The molecule has 1 aliphatic heterocycles. The Labute approximate surface area is 152 Å². The van der Waals surface area contributed by atoms with Crippen LogP contribution in [-0.4, -0.2) is 20.9 Å². The highest BCUT2D eigenvalue weighted by Crippen LogP contribution is 2.31. The zero-order chi connectivity index (χ0) is 18.9. The van der Waals surface area contributed by atoms with E-state index in [-0.39, 0.29) is 16.6 Å². The molecule has 1 amide bonds. The Balaban J connectivity index is 1.82. The molecule has 0 saturated heterocycles. The number of hydrogen-bond acceptors (Lipinski definition) is 3. The number of benzene rings is 2. The second kappa shape index (κ2) is 7.17. The minimum Gasteiger partial charge on any atom is -0.312 e. The van der Waals surface area contributed by atoms with Gasteiger partial charge in [0.15, 0.2) is 0 Å². The number of sulfonamides is 1. The summed E-state index contributed by atoms with van der Waals surface area (Å²) in [6, 6.07) is 10.0. The minimum absolute atomic E-state index is 0.0300. The van der Waals surface area contributed by atoms with Crippen molar-refractivity contribution in [1.29, 1.82) is 0 Å². The number of halogens is 1. The van der Waals surface area contributed by atoms with Gasteiger partial charge in [0, 0.05) is 24.7 Å². The zero-order valence-corrected chi connectivity index (χ0v) is 15.5. The molecule has 0 spiro atoms. The van der Waals surface area contributed by atoms with Crippen molar-refractivity contribution in [2.24, 2.45) is 0 Å². The molecule has 0 radical (unpaired) electrons. The fourth-order valence-electron chi connectivity index (χ4n) is 3.12. The van der Waals surface area contributed by atoms with Gasteiger partial charge >= 0.3 is 0 Å².